The molecule has 0 radical (unpaired) electrons. The van der Waals surface area contributed by atoms with Gasteiger partial charge in [0.1, 0.15) is 0 Å². The Balaban J connectivity index is 1.80. The first-order chi connectivity index (χ1) is 10.2. The van der Waals surface area contributed by atoms with Gasteiger partial charge in [-0.1, -0.05) is 63.8 Å². The van der Waals surface area contributed by atoms with Gasteiger partial charge in [0.2, 0.25) is 0 Å². The van der Waals surface area contributed by atoms with Crippen molar-refractivity contribution in [3.63, 3.8) is 0 Å². The van der Waals surface area contributed by atoms with E-state index in [-0.39, 0.29) is 0 Å². The van der Waals surface area contributed by atoms with Crippen molar-refractivity contribution in [2.24, 2.45) is 5.92 Å². The van der Waals surface area contributed by atoms with E-state index in [2.05, 4.69) is 53.6 Å². The number of unbranched alkanes of at least 4 members (excludes halogenated alkanes) is 3. The second-order valence-electron chi connectivity index (χ2n) is 6.20. The molecule has 0 amide bonds. The molecule has 0 bridgehead atoms. The molecule has 2 rings (SSSR count). The van der Waals surface area contributed by atoms with Gasteiger partial charge in [-0.25, -0.2) is 0 Å². The van der Waals surface area contributed by atoms with Gasteiger partial charge >= 0.3 is 0 Å². The molecule has 114 valence electrons. The van der Waals surface area contributed by atoms with Crippen LogP contribution in [0.1, 0.15) is 51.6 Å². The summed E-state index contributed by atoms with van der Waals surface area (Å²) in [6.45, 7) is 7.57. The summed E-state index contributed by atoms with van der Waals surface area (Å²) in [5.74, 6) is 1.75. The summed E-state index contributed by atoms with van der Waals surface area (Å²) in [6, 6.07) is 8.33. The van der Waals surface area contributed by atoms with E-state index in [0.717, 1.165) is 24.0 Å². The third-order valence-corrected chi connectivity index (χ3v) is 3.87. The van der Waals surface area contributed by atoms with Crippen molar-refractivity contribution in [2.75, 3.05) is 11.9 Å². The van der Waals surface area contributed by atoms with Gasteiger partial charge in [0, 0.05) is 17.3 Å². The molecule has 1 heterocycles. The summed E-state index contributed by atoms with van der Waals surface area (Å²) in [4.78, 5) is 0. The molecule has 0 fully saturated rings. The second kappa shape index (κ2) is 7.96. The highest BCUT2D eigenvalue weighted by Gasteiger charge is 2.05. The van der Waals surface area contributed by atoms with Crippen molar-refractivity contribution in [3.05, 3.63) is 30.0 Å². The van der Waals surface area contributed by atoms with Gasteiger partial charge in [-0.2, -0.15) is 5.10 Å². The van der Waals surface area contributed by atoms with E-state index in [9.17, 15) is 0 Å². The zero-order valence-electron chi connectivity index (χ0n) is 13.5. The minimum atomic E-state index is 0.831. The highest BCUT2D eigenvalue weighted by molar-refractivity contribution is 5.92. The monoisotopic (exact) mass is 285 g/mol. The Labute approximate surface area is 128 Å². The summed E-state index contributed by atoms with van der Waals surface area (Å²) < 4.78 is 0. The number of hydrogen-bond acceptors (Lipinski definition) is 3. The second-order valence-corrected chi connectivity index (χ2v) is 6.20. The Morgan fingerprint density at radius 3 is 2.43 bits per heavy atom. The lowest BCUT2D eigenvalue weighted by atomic mass is 10.0. The topological polar surface area (TPSA) is 37.8 Å². The first-order valence-corrected chi connectivity index (χ1v) is 8.14. The summed E-state index contributed by atoms with van der Waals surface area (Å²) in [5, 5.41) is 14.3. The van der Waals surface area contributed by atoms with E-state index in [1.54, 1.807) is 0 Å². The lowest BCUT2D eigenvalue weighted by Crippen LogP contribution is -2.05. The predicted molar refractivity (Wildman–Crippen MR) is 90.7 cm³/mol. The SMILES string of the molecule is Cc1nnc(NCCCCCCC(C)C)c2ccccc12. The largest absolute Gasteiger partial charge is 0.368 e. The Morgan fingerprint density at radius 2 is 1.67 bits per heavy atom. The number of rotatable bonds is 8. The van der Waals surface area contributed by atoms with Crippen molar-refractivity contribution in [1.82, 2.24) is 10.2 Å². The van der Waals surface area contributed by atoms with Crippen LogP contribution in [0, 0.1) is 12.8 Å². The lowest BCUT2D eigenvalue weighted by molar-refractivity contribution is 0.523. The molecule has 3 nitrogen and oxygen atoms in total. The number of nitrogens with zero attached hydrogens (tertiary/aromatic N) is 2. The first-order valence-electron chi connectivity index (χ1n) is 8.14. The number of benzene rings is 1. The Morgan fingerprint density at radius 1 is 0.952 bits per heavy atom. The number of aromatic nitrogens is 2. The normalized spacial score (nSPS) is 11.2. The molecule has 0 unspecified atom stereocenters. The molecule has 1 aromatic heterocycles. The van der Waals surface area contributed by atoms with Gasteiger partial charge < -0.3 is 5.32 Å². The molecule has 21 heavy (non-hydrogen) atoms. The molecule has 3 heteroatoms. The van der Waals surface area contributed by atoms with E-state index in [1.807, 2.05) is 6.92 Å². The summed E-state index contributed by atoms with van der Waals surface area (Å²) in [5.41, 5.74) is 0.991. The zero-order chi connectivity index (χ0) is 15.1. The van der Waals surface area contributed by atoms with Gasteiger partial charge in [0.15, 0.2) is 5.82 Å². The molecule has 1 aromatic carbocycles. The van der Waals surface area contributed by atoms with Crippen LogP contribution in [-0.2, 0) is 0 Å². The highest BCUT2D eigenvalue weighted by Crippen LogP contribution is 2.22. The molecule has 0 spiro atoms. The molecule has 1 N–H and O–H groups in total. The predicted octanol–water partition coefficient (Wildman–Crippen LogP) is 4.96. The maximum absolute atomic E-state index is 4.30. The molecular formula is C18H27N3. The summed E-state index contributed by atoms with van der Waals surface area (Å²) in [7, 11) is 0. The molecule has 0 saturated carbocycles. The quantitative estimate of drug-likeness (QED) is 0.697. The zero-order valence-corrected chi connectivity index (χ0v) is 13.5. The Kier molecular flexibility index (Phi) is 5.97. The molecule has 0 aliphatic carbocycles. The average Bonchev–Trinajstić information content (AvgIpc) is 2.48. The van der Waals surface area contributed by atoms with Crippen LogP contribution in [0.5, 0.6) is 0 Å². The van der Waals surface area contributed by atoms with Crippen molar-refractivity contribution in [2.45, 2.75) is 52.9 Å². The maximum Gasteiger partial charge on any atom is 0.156 e. The molecule has 0 atom stereocenters. The van der Waals surface area contributed by atoms with E-state index in [4.69, 9.17) is 0 Å². The smallest absolute Gasteiger partial charge is 0.156 e. The fraction of sp³-hybridized carbons (Fsp3) is 0.556. The van der Waals surface area contributed by atoms with E-state index < -0.39 is 0 Å². The molecular weight excluding hydrogens is 258 g/mol. The fourth-order valence-electron chi connectivity index (χ4n) is 2.61. The van der Waals surface area contributed by atoms with Gasteiger partial charge in [-0.3, -0.25) is 0 Å². The van der Waals surface area contributed by atoms with Gasteiger partial charge in [0.05, 0.1) is 5.69 Å². The van der Waals surface area contributed by atoms with Crippen LogP contribution >= 0.6 is 0 Å². The van der Waals surface area contributed by atoms with Crippen molar-refractivity contribution in [3.8, 4) is 0 Å². The molecule has 0 aliphatic rings. The van der Waals surface area contributed by atoms with Crippen LogP contribution in [0.2, 0.25) is 0 Å². The number of anilines is 1. The van der Waals surface area contributed by atoms with Crippen LogP contribution in [0.25, 0.3) is 10.8 Å². The van der Waals surface area contributed by atoms with Gasteiger partial charge in [0.25, 0.3) is 0 Å². The Hall–Kier alpha value is -1.64. The summed E-state index contributed by atoms with van der Waals surface area (Å²) >= 11 is 0. The van der Waals surface area contributed by atoms with Gasteiger partial charge in [-0.05, 0) is 19.3 Å². The Bertz CT molecular complexity index is 563. The fourth-order valence-corrected chi connectivity index (χ4v) is 2.61. The third-order valence-electron chi connectivity index (χ3n) is 3.87. The van der Waals surface area contributed by atoms with Crippen LogP contribution in [0.15, 0.2) is 24.3 Å². The molecule has 0 aliphatic heterocycles. The van der Waals surface area contributed by atoms with Crippen molar-refractivity contribution in [1.29, 1.82) is 0 Å². The summed E-state index contributed by atoms with van der Waals surface area (Å²) in [6.07, 6.45) is 6.52. The van der Waals surface area contributed by atoms with E-state index in [0.29, 0.717) is 0 Å². The highest BCUT2D eigenvalue weighted by atomic mass is 15.2. The minimum absolute atomic E-state index is 0.831. The molecule has 2 aromatic rings. The number of fused-ring (bicyclic) bond motifs is 1. The van der Waals surface area contributed by atoms with E-state index >= 15 is 0 Å². The van der Waals surface area contributed by atoms with Crippen molar-refractivity contribution >= 4 is 16.6 Å². The maximum atomic E-state index is 4.30. The standard InChI is InChI=1S/C18H27N3/c1-14(2)10-6-4-5-9-13-19-18-17-12-8-7-11-16(17)15(3)20-21-18/h7-8,11-12,14H,4-6,9-10,13H2,1-3H3,(H,19,21). The van der Waals surface area contributed by atoms with E-state index in [1.165, 1.54) is 42.9 Å². The van der Waals surface area contributed by atoms with Crippen LogP contribution in [-0.4, -0.2) is 16.7 Å². The number of hydrogen-bond donors (Lipinski definition) is 1. The van der Waals surface area contributed by atoms with Crippen LogP contribution < -0.4 is 5.32 Å². The van der Waals surface area contributed by atoms with Gasteiger partial charge in [-0.15, -0.1) is 5.10 Å². The first kappa shape index (κ1) is 15.7. The minimum Gasteiger partial charge on any atom is -0.368 e. The molecule has 0 saturated heterocycles. The average molecular weight is 285 g/mol. The van der Waals surface area contributed by atoms with Crippen molar-refractivity contribution < 1.29 is 0 Å². The van der Waals surface area contributed by atoms with Crippen LogP contribution in [0.4, 0.5) is 5.82 Å². The number of aryl methyl sites for hydroxylation is 1. The van der Waals surface area contributed by atoms with Crippen LogP contribution in [0.3, 0.4) is 0 Å². The third kappa shape index (κ3) is 4.69. The lowest BCUT2D eigenvalue weighted by Gasteiger charge is -2.09. The number of nitrogens with one attached hydrogen (secondary N) is 1.